The first-order valence-corrected chi connectivity index (χ1v) is 10.8. The number of nitrogens with zero attached hydrogens (tertiary/aromatic N) is 2. The molecule has 1 rings (SSSR count). The third-order valence-corrected chi connectivity index (χ3v) is 4.89. The summed E-state index contributed by atoms with van der Waals surface area (Å²) in [6, 6.07) is 0. The van der Waals surface area contributed by atoms with Crippen LogP contribution in [0.4, 0.5) is 0 Å². The first-order valence-electron chi connectivity index (χ1n) is 10.8. The zero-order chi connectivity index (χ0) is 19.9. The van der Waals surface area contributed by atoms with Gasteiger partial charge >= 0.3 is 0 Å². The van der Waals surface area contributed by atoms with E-state index in [0.717, 1.165) is 62.8 Å². The fourth-order valence-electron chi connectivity index (χ4n) is 3.22. The van der Waals surface area contributed by atoms with Gasteiger partial charge in [-0.05, 0) is 45.4 Å². The molecular weight excluding hydrogens is 340 g/mol. The van der Waals surface area contributed by atoms with Gasteiger partial charge in [0.2, 0.25) is 5.91 Å². The molecule has 0 saturated heterocycles. The maximum absolute atomic E-state index is 11.9. The van der Waals surface area contributed by atoms with E-state index in [-0.39, 0.29) is 24.3 Å². The predicted molar refractivity (Wildman–Crippen MR) is 110 cm³/mol. The van der Waals surface area contributed by atoms with Crippen molar-refractivity contribution in [3.63, 3.8) is 0 Å². The maximum Gasteiger partial charge on any atom is 0.255 e. The molecule has 5 heteroatoms. The minimum Gasteiger partial charge on any atom is -0.393 e. The van der Waals surface area contributed by atoms with Crippen LogP contribution >= 0.6 is 0 Å². The highest BCUT2D eigenvalue weighted by Crippen LogP contribution is 2.14. The van der Waals surface area contributed by atoms with Crippen LogP contribution in [-0.2, 0) is 9.59 Å². The SMILES string of the molecule is CCCCC/C=C\CCC(O)CCCCCCCC(=O)N1N=C(C)CC1=O. The topological polar surface area (TPSA) is 70.0 Å². The molecule has 154 valence electrons. The number of aliphatic hydroxyl groups is 1. The number of aliphatic hydroxyl groups excluding tert-OH is 1. The van der Waals surface area contributed by atoms with Gasteiger partial charge in [-0.25, -0.2) is 0 Å². The van der Waals surface area contributed by atoms with E-state index in [4.69, 9.17) is 0 Å². The van der Waals surface area contributed by atoms with Gasteiger partial charge in [0.25, 0.3) is 5.91 Å². The van der Waals surface area contributed by atoms with E-state index in [1.807, 2.05) is 0 Å². The molecule has 1 atom stereocenters. The summed E-state index contributed by atoms with van der Waals surface area (Å²) in [5.74, 6) is -0.391. The predicted octanol–water partition coefficient (Wildman–Crippen LogP) is 5.13. The second-order valence-corrected chi connectivity index (χ2v) is 7.62. The summed E-state index contributed by atoms with van der Waals surface area (Å²) in [5, 5.41) is 15.0. The minimum atomic E-state index is -0.206. The fourth-order valence-corrected chi connectivity index (χ4v) is 3.22. The van der Waals surface area contributed by atoms with Gasteiger partial charge in [0.1, 0.15) is 0 Å². The Morgan fingerprint density at radius 3 is 2.48 bits per heavy atom. The number of rotatable bonds is 15. The second-order valence-electron chi connectivity index (χ2n) is 7.62. The van der Waals surface area contributed by atoms with E-state index >= 15 is 0 Å². The highest BCUT2D eigenvalue weighted by atomic mass is 16.3. The molecule has 0 aromatic carbocycles. The van der Waals surface area contributed by atoms with Crippen molar-refractivity contribution in [3.05, 3.63) is 12.2 Å². The average molecular weight is 379 g/mol. The lowest BCUT2D eigenvalue weighted by Gasteiger charge is -2.10. The van der Waals surface area contributed by atoms with Gasteiger partial charge in [0, 0.05) is 12.1 Å². The van der Waals surface area contributed by atoms with E-state index in [9.17, 15) is 14.7 Å². The largest absolute Gasteiger partial charge is 0.393 e. The molecular formula is C22H38N2O3. The van der Waals surface area contributed by atoms with Crippen LogP contribution < -0.4 is 0 Å². The lowest BCUT2D eigenvalue weighted by atomic mass is 10.0. The molecule has 0 bridgehead atoms. The number of imide groups is 1. The molecule has 1 aliphatic heterocycles. The Morgan fingerprint density at radius 1 is 1.07 bits per heavy atom. The molecule has 1 unspecified atom stereocenters. The van der Waals surface area contributed by atoms with E-state index in [2.05, 4.69) is 24.2 Å². The van der Waals surface area contributed by atoms with Gasteiger partial charge in [-0.15, -0.1) is 0 Å². The molecule has 27 heavy (non-hydrogen) atoms. The Labute approximate surface area is 164 Å². The summed E-state index contributed by atoms with van der Waals surface area (Å²) in [5.41, 5.74) is 0.707. The van der Waals surface area contributed by atoms with Crippen LogP contribution in [0.2, 0.25) is 0 Å². The fraction of sp³-hybridized carbons (Fsp3) is 0.773. The number of hydrogen-bond acceptors (Lipinski definition) is 4. The van der Waals surface area contributed by atoms with Crippen LogP contribution in [-0.4, -0.2) is 33.7 Å². The third kappa shape index (κ3) is 11.1. The van der Waals surface area contributed by atoms with Gasteiger partial charge < -0.3 is 5.11 Å². The Bertz CT molecular complexity index is 500. The normalized spacial score (nSPS) is 15.6. The van der Waals surface area contributed by atoms with Gasteiger partial charge in [-0.2, -0.15) is 10.1 Å². The van der Waals surface area contributed by atoms with Gasteiger partial charge in [0.15, 0.2) is 0 Å². The van der Waals surface area contributed by atoms with E-state index in [0.29, 0.717) is 12.1 Å². The molecule has 1 N–H and O–H groups in total. The molecule has 2 amide bonds. The standard InChI is InChI=1S/C22H38N2O3/c1-3-4-5-6-7-9-12-15-20(25)16-13-10-8-11-14-17-21(26)24-22(27)18-19(2)23-24/h7,9,20,25H,3-6,8,10-18H2,1-2H3/b9-7-. The molecule has 0 fully saturated rings. The first kappa shape index (κ1) is 23.5. The van der Waals surface area contributed by atoms with Crippen LogP contribution in [0.5, 0.6) is 0 Å². The van der Waals surface area contributed by atoms with Crippen molar-refractivity contribution in [1.29, 1.82) is 0 Å². The lowest BCUT2D eigenvalue weighted by Crippen LogP contribution is -2.28. The average Bonchev–Trinajstić information content (AvgIpc) is 2.98. The highest BCUT2D eigenvalue weighted by Gasteiger charge is 2.26. The van der Waals surface area contributed by atoms with E-state index in [1.165, 1.54) is 19.3 Å². The van der Waals surface area contributed by atoms with Crippen molar-refractivity contribution in [3.8, 4) is 0 Å². The summed E-state index contributed by atoms with van der Waals surface area (Å²) in [7, 11) is 0. The van der Waals surface area contributed by atoms with E-state index < -0.39 is 0 Å². The monoisotopic (exact) mass is 378 g/mol. The van der Waals surface area contributed by atoms with Crippen molar-refractivity contribution >= 4 is 17.5 Å². The zero-order valence-electron chi connectivity index (χ0n) is 17.3. The molecule has 0 aromatic heterocycles. The van der Waals surface area contributed by atoms with Crippen LogP contribution in [0, 0.1) is 0 Å². The van der Waals surface area contributed by atoms with Crippen LogP contribution in [0.25, 0.3) is 0 Å². The van der Waals surface area contributed by atoms with Crippen molar-refractivity contribution in [1.82, 2.24) is 5.01 Å². The van der Waals surface area contributed by atoms with Gasteiger partial charge in [-0.1, -0.05) is 57.6 Å². The van der Waals surface area contributed by atoms with Crippen molar-refractivity contribution in [2.75, 3.05) is 0 Å². The lowest BCUT2D eigenvalue weighted by molar-refractivity contribution is -0.143. The summed E-state index contributed by atoms with van der Waals surface area (Å²) >= 11 is 0. The summed E-state index contributed by atoms with van der Waals surface area (Å²) < 4.78 is 0. The van der Waals surface area contributed by atoms with Gasteiger partial charge in [-0.3, -0.25) is 9.59 Å². The molecule has 1 heterocycles. The summed E-state index contributed by atoms with van der Waals surface area (Å²) in [6.07, 6.45) is 17.5. The van der Waals surface area contributed by atoms with Crippen molar-refractivity contribution < 1.29 is 14.7 Å². The number of allylic oxidation sites excluding steroid dienone is 2. The molecule has 5 nitrogen and oxygen atoms in total. The quantitative estimate of drug-likeness (QED) is 0.317. The first-order chi connectivity index (χ1) is 13.0. The number of carbonyl (C=O) groups is 2. The number of hydrazone groups is 1. The number of carbonyl (C=O) groups excluding carboxylic acids is 2. The second kappa shape index (κ2) is 14.6. The molecule has 0 radical (unpaired) electrons. The Balaban J connectivity index is 1.93. The highest BCUT2D eigenvalue weighted by molar-refractivity contribution is 6.10. The summed E-state index contributed by atoms with van der Waals surface area (Å²) in [4.78, 5) is 23.5. The zero-order valence-corrected chi connectivity index (χ0v) is 17.3. The van der Waals surface area contributed by atoms with Crippen LogP contribution in [0.3, 0.4) is 0 Å². The Kier molecular flexibility index (Phi) is 12.7. The summed E-state index contributed by atoms with van der Waals surface area (Å²) in [6.45, 7) is 3.98. The molecule has 0 aromatic rings. The smallest absolute Gasteiger partial charge is 0.255 e. The molecule has 0 saturated carbocycles. The number of amides is 2. The Hall–Kier alpha value is -1.49. The third-order valence-electron chi connectivity index (χ3n) is 4.89. The van der Waals surface area contributed by atoms with E-state index in [1.54, 1.807) is 6.92 Å². The Morgan fingerprint density at radius 2 is 1.78 bits per heavy atom. The van der Waals surface area contributed by atoms with Gasteiger partial charge in [0.05, 0.1) is 12.5 Å². The maximum atomic E-state index is 11.9. The van der Waals surface area contributed by atoms with Crippen LogP contribution in [0.1, 0.15) is 104 Å². The molecule has 0 aliphatic carbocycles. The van der Waals surface area contributed by atoms with Crippen molar-refractivity contribution in [2.45, 2.75) is 110 Å². The number of hydrogen-bond donors (Lipinski definition) is 1. The molecule has 1 aliphatic rings. The minimum absolute atomic E-state index is 0.185. The number of unbranched alkanes of at least 4 members (excludes halogenated alkanes) is 7. The molecule has 0 spiro atoms. The van der Waals surface area contributed by atoms with Crippen LogP contribution in [0.15, 0.2) is 17.3 Å². The van der Waals surface area contributed by atoms with Crippen molar-refractivity contribution in [2.24, 2.45) is 5.10 Å².